The molecular formula is C16H21NO3S. The maximum Gasteiger partial charge on any atom is 0.122 e. The predicted octanol–water partition coefficient (Wildman–Crippen LogP) is 2.90. The predicted molar refractivity (Wildman–Crippen MR) is 85.3 cm³/mol. The summed E-state index contributed by atoms with van der Waals surface area (Å²) in [6, 6.07) is 7.54. The Morgan fingerprint density at radius 2 is 1.86 bits per heavy atom. The van der Waals surface area contributed by atoms with E-state index in [0.717, 1.165) is 12.1 Å². The van der Waals surface area contributed by atoms with Crippen LogP contribution < -0.4 is 14.8 Å². The summed E-state index contributed by atoms with van der Waals surface area (Å²) >= 11 is 1.73. The van der Waals surface area contributed by atoms with Crippen LogP contribution in [0.2, 0.25) is 0 Å². The second-order valence-corrected chi connectivity index (χ2v) is 5.82. The van der Waals surface area contributed by atoms with Crippen LogP contribution in [0.15, 0.2) is 29.6 Å². The summed E-state index contributed by atoms with van der Waals surface area (Å²) in [6.07, 6.45) is -0.603. The van der Waals surface area contributed by atoms with Crippen molar-refractivity contribution in [3.63, 3.8) is 0 Å². The highest BCUT2D eigenvalue weighted by molar-refractivity contribution is 7.10. The number of hydrogen-bond donors (Lipinski definition) is 2. The third-order valence-electron chi connectivity index (χ3n) is 3.35. The summed E-state index contributed by atoms with van der Waals surface area (Å²) in [5.74, 6) is 1.36. The number of benzene rings is 1. The first-order valence-electron chi connectivity index (χ1n) is 6.78. The number of aryl methyl sites for hydroxylation is 1. The number of methoxy groups -OCH3 is 2. The van der Waals surface area contributed by atoms with E-state index < -0.39 is 6.10 Å². The number of hydrogen-bond acceptors (Lipinski definition) is 5. The van der Waals surface area contributed by atoms with Gasteiger partial charge in [0.1, 0.15) is 11.5 Å². The average Bonchev–Trinajstić information content (AvgIpc) is 2.92. The van der Waals surface area contributed by atoms with Crippen LogP contribution in [0.1, 0.15) is 22.1 Å². The van der Waals surface area contributed by atoms with Crippen molar-refractivity contribution in [3.05, 3.63) is 45.6 Å². The molecule has 0 aliphatic heterocycles. The highest BCUT2D eigenvalue weighted by Crippen LogP contribution is 2.26. The third-order valence-corrected chi connectivity index (χ3v) is 4.37. The molecular weight excluding hydrogens is 286 g/mol. The first-order chi connectivity index (χ1) is 10.1. The maximum atomic E-state index is 10.3. The molecule has 21 heavy (non-hydrogen) atoms. The quantitative estimate of drug-likeness (QED) is 0.826. The third kappa shape index (κ3) is 4.20. The highest BCUT2D eigenvalue weighted by Gasteiger charge is 2.11. The van der Waals surface area contributed by atoms with Crippen molar-refractivity contribution in [2.75, 3.05) is 20.8 Å². The zero-order valence-corrected chi connectivity index (χ0v) is 13.4. The minimum Gasteiger partial charge on any atom is -0.497 e. The molecule has 0 bridgehead atoms. The number of aliphatic hydroxyl groups excluding tert-OH is 1. The molecule has 0 saturated heterocycles. The van der Waals surface area contributed by atoms with Crippen molar-refractivity contribution in [1.82, 2.24) is 5.32 Å². The Labute approximate surface area is 129 Å². The second kappa shape index (κ2) is 7.45. The number of ether oxygens (including phenoxy) is 2. The molecule has 2 rings (SSSR count). The van der Waals surface area contributed by atoms with Gasteiger partial charge in [-0.25, -0.2) is 0 Å². The lowest BCUT2D eigenvalue weighted by atomic mass is 10.1. The molecule has 1 aromatic heterocycles. The van der Waals surface area contributed by atoms with Gasteiger partial charge in [-0.2, -0.15) is 0 Å². The van der Waals surface area contributed by atoms with E-state index in [4.69, 9.17) is 9.47 Å². The molecule has 1 aromatic carbocycles. The fourth-order valence-electron chi connectivity index (χ4n) is 2.05. The molecule has 114 valence electrons. The summed E-state index contributed by atoms with van der Waals surface area (Å²) in [5.41, 5.74) is 2.06. The molecule has 0 spiro atoms. The normalized spacial score (nSPS) is 12.2. The molecule has 5 heteroatoms. The molecule has 0 saturated carbocycles. The molecule has 2 N–H and O–H groups in total. The van der Waals surface area contributed by atoms with Gasteiger partial charge in [-0.3, -0.25) is 0 Å². The van der Waals surface area contributed by atoms with Gasteiger partial charge in [0.2, 0.25) is 0 Å². The van der Waals surface area contributed by atoms with Gasteiger partial charge >= 0.3 is 0 Å². The zero-order valence-electron chi connectivity index (χ0n) is 12.6. The Bertz CT molecular complexity index is 560. The average molecular weight is 307 g/mol. The molecule has 1 atom stereocenters. The number of aliphatic hydroxyl groups is 1. The van der Waals surface area contributed by atoms with Gasteiger partial charge in [-0.1, -0.05) is 0 Å². The van der Waals surface area contributed by atoms with Gasteiger partial charge in [0.15, 0.2) is 0 Å². The van der Waals surface area contributed by atoms with Crippen LogP contribution in [0.25, 0.3) is 0 Å². The van der Waals surface area contributed by atoms with Crippen molar-refractivity contribution >= 4 is 11.3 Å². The van der Waals surface area contributed by atoms with Gasteiger partial charge in [0.05, 0.1) is 20.3 Å². The van der Waals surface area contributed by atoms with Gasteiger partial charge in [-0.05, 0) is 41.6 Å². The lowest BCUT2D eigenvalue weighted by Crippen LogP contribution is -2.21. The molecule has 0 aliphatic carbocycles. The van der Waals surface area contributed by atoms with Gasteiger partial charge in [0.25, 0.3) is 0 Å². The summed E-state index contributed by atoms with van der Waals surface area (Å²) in [6.45, 7) is 3.34. The Kier molecular flexibility index (Phi) is 5.61. The van der Waals surface area contributed by atoms with Crippen molar-refractivity contribution in [2.24, 2.45) is 0 Å². The minimum absolute atomic E-state index is 0.480. The first kappa shape index (κ1) is 15.8. The van der Waals surface area contributed by atoms with Crippen LogP contribution in [0.3, 0.4) is 0 Å². The summed E-state index contributed by atoms with van der Waals surface area (Å²) in [5, 5.41) is 15.6. The maximum absolute atomic E-state index is 10.3. The Balaban J connectivity index is 1.96. The van der Waals surface area contributed by atoms with Crippen LogP contribution in [-0.2, 0) is 6.54 Å². The molecule has 1 unspecified atom stereocenters. The van der Waals surface area contributed by atoms with E-state index in [0.29, 0.717) is 18.0 Å². The molecule has 0 aliphatic rings. The van der Waals surface area contributed by atoms with Gasteiger partial charge in [-0.15, -0.1) is 11.3 Å². The summed E-state index contributed by atoms with van der Waals surface area (Å²) in [4.78, 5) is 1.30. The number of nitrogens with one attached hydrogen (secondary N) is 1. The van der Waals surface area contributed by atoms with E-state index in [1.807, 2.05) is 12.1 Å². The van der Waals surface area contributed by atoms with E-state index in [1.54, 1.807) is 31.6 Å². The SMILES string of the molecule is COc1cc(OC)cc(C(O)CNCc2sccc2C)c1. The van der Waals surface area contributed by atoms with Crippen molar-refractivity contribution < 1.29 is 14.6 Å². The number of thiophene rings is 1. The van der Waals surface area contributed by atoms with Crippen LogP contribution in [0, 0.1) is 6.92 Å². The smallest absolute Gasteiger partial charge is 0.122 e. The molecule has 0 fully saturated rings. The topological polar surface area (TPSA) is 50.7 Å². The summed E-state index contributed by atoms with van der Waals surface area (Å²) in [7, 11) is 3.20. The second-order valence-electron chi connectivity index (χ2n) is 4.82. The molecule has 1 heterocycles. The van der Waals surface area contributed by atoms with Crippen molar-refractivity contribution in [2.45, 2.75) is 19.6 Å². The molecule has 2 aromatic rings. The van der Waals surface area contributed by atoms with Gasteiger partial charge < -0.3 is 19.9 Å². The molecule has 0 amide bonds. The van der Waals surface area contributed by atoms with Crippen LogP contribution in [-0.4, -0.2) is 25.9 Å². The standard InChI is InChI=1S/C16H21NO3S/c1-11-4-5-21-16(11)10-17-9-15(18)12-6-13(19-2)8-14(7-12)20-3/h4-8,15,17-18H,9-10H2,1-3H3. The fourth-order valence-corrected chi connectivity index (χ4v) is 2.92. The van der Waals surface area contributed by atoms with Crippen molar-refractivity contribution in [1.29, 1.82) is 0 Å². The van der Waals surface area contributed by atoms with Crippen molar-refractivity contribution in [3.8, 4) is 11.5 Å². The minimum atomic E-state index is -0.603. The van der Waals surface area contributed by atoms with E-state index in [9.17, 15) is 5.11 Å². The van der Waals surface area contributed by atoms with E-state index in [-0.39, 0.29) is 0 Å². The number of rotatable bonds is 7. The largest absolute Gasteiger partial charge is 0.497 e. The summed E-state index contributed by atoms with van der Waals surface area (Å²) < 4.78 is 10.4. The molecule has 4 nitrogen and oxygen atoms in total. The Morgan fingerprint density at radius 1 is 1.19 bits per heavy atom. The molecule has 0 radical (unpaired) electrons. The van der Waals surface area contributed by atoms with Crippen LogP contribution in [0.5, 0.6) is 11.5 Å². The van der Waals surface area contributed by atoms with E-state index in [1.165, 1.54) is 10.4 Å². The zero-order chi connectivity index (χ0) is 15.2. The lowest BCUT2D eigenvalue weighted by Gasteiger charge is -2.14. The van der Waals surface area contributed by atoms with Crippen LogP contribution >= 0.6 is 11.3 Å². The van der Waals surface area contributed by atoms with Crippen LogP contribution in [0.4, 0.5) is 0 Å². The monoisotopic (exact) mass is 307 g/mol. The first-order valence-corrected chi connectivity index (χ1v) is 7.66. The Hall–Kier alpha value is -1.56. The fraction of sp³-hybridized carbons (Fsp3) is 0.375. The van der Waals surface area contributed by atoms with Gasteiger partial charge in [0, 0.05) is 24.0 Å². The lowest BCUT2D eigenvalue weighted by molar-refractivity contribution is 0.173. The van der Waals surface area contributed by atoms with E-state index in [2.05, 4.69) is 23.7 Å². The highest BCUT2D eigenvalue weighted by atomic mass is 32.1. The van der Waals surface area contributed by atoms with E-state index >= 15 is 0 Å². The Morgan fingerprint density at radius 3 is 2.38 bits per heavy atom.